The SMILES string of the molecule is O=[N+]([O-])c1ccc(O)c(C2=NN[C@@H](c3ccc(Cl)cc3)C2)c1. The second-order valence-electron chi connectivity index (χ2n) is 4.95. The number of nitro groups is 1. The summed E-state index contributed by atoms with van der Waals surface area (Å²) >= 11 is 5.86. The van der Waals surface area contributed by atoms with Crippen molar-refractivity contribution in [2.24, 2.45) is 5.10 Å². The molecule has 1 aliphatic heterocycles. The van der Waals surface area contributed by atoms with E-state index in [0.29, 0.717) is 22.7 Å². The number of hydrogen-bond donors (Lipinski definition) is 2. The Labute approximate surface area is 131 Å². The number of nitrogens with zero attached hydrogens (tertiary/aromatic N) is 2. The van der Waals surface area contributed by atoms with Crippen molar-refractivity contribution in [1.29, 1.82) is 0 Å². The number of nitro benzene ring substituents is 1. The smallest absolute Gasteiger partial charge is 0.270 e. The third kappa shape index (κ3) is 2.73. The van der Waals surface area contributed by atoms with Gasteiger partial charge in [0.05, 0.1) is 16.7 Å². The number of halogens is 1. The fourth-order valence-corrected chi connectivity index (χ4v) is 2.49. The number of rotatable bonds is 3. The zero-order valence-corrected chi connectivity index (χ0v) is 12.1. The minimum absolute atomic E-state index is 0.0251. The van der Waals surface area contributed by atoms with Crippen molar-refractivity contribution in [2.45, 2.75) is 12.5 Å². The van der Waals surface area contributed by atoms with E-state index in [1.807, 2.05) is 12.1 Å². The molecule has 2 aromatic carbocycles. The van der Waals surface area contributed by atoms with E-state index in [0.717, 1.165) is 5.56 Å². The molecule has 7 heteroatoms. The molecule has 1 aliphatic rings. The average Bonchev–Trinajstić information content (AvgIpc) is 2.98. The van der Waals surface area contributed by atoms with Gasteiger partial charge in [-0.05, 0) is 23.8 Å². The van der Waals surface area contributed by atoms with Crippen LogP contribution in [0.25, 0.3) is 0 Å². The lowest BCUT2D eigenvalue weighted by atomic mass is 9.98. The van der Waals surface area contributed by atoms with Gasteiger partial charge in [0.2, 0.25) is 0 Å². The van der Waals surface area contributed by atoms with Crippen LogP contribution in [0.1, 0.15) is 23.6 Å². The van der Waals surface area contributed by atoms with E-state index in [4.69, 9.17) is 11.6 Å². The first-order valence-corrected chi connectivity index (χ1v) is 6.98. The zero-order chi connectivity index (χ0) is 15.7. The van der Waals surface area contributed by atoms with Crippen LogP contribution in [0, 0.1) is 10.1 Å². The second-order valence-corrected chi connectivity index (χ2v) is 5.39. The molecule has 0 aromatic heterocycles. The maximum absolute atomic E-state index is 10.9. The maximum atomic E-state index is 10.9. The van der Waals surface area contributed by atoms with Crippen LogP contribution >= 0.6 is 11.6 Å². The number of phenolic OH excluding ortho intramolecular Hbond substituents is 1. The summed E-state index contributed by atoms with van der Waals surface area (Å²) in [5.41, 5.74) is 4.87. The molecule has 0 unspecified atom stereocenters. The molecule has 3 rings (SSSR count). The lowest BCUT2D eigenvalue weighted by molar-refractivity contribution is -0.384. The lowest BCUT2D eigenvalue weighted by Gasteiger charge is -2.10. The summed E-state index contributed by atoms with van der Waals surface area (Å²) in [6, 6.07) is 11.2. The van der Waals surface area contributed by atoms with E-state index in [2.05, 4.69) is 10.5 Å². The number of hydrazone groups is 1. The van der Waals surface area contributed by atoms with E-state index in [1.54, 1.807) is 12.1 Å². The Morgan fingerprint density at radius 1 is 1.27 bits per heavy atom. The van der Waals surface area contributed by atoms with Crippen LogP contribution in [0.4, 0.5) is 5.69 Å². The largest absolute Gasteiger partial charge is 0.507 e. The van der Waals surface area contributed by atoms with Crippen LogP contribution in [0.5, 0.6) is 5.75 Å². The number of hydrogen-bond acceptors (Lipinski definition) is 5. The van der Waals surface area contributed by atoms with Gasteiger partial charge in [0.25, 0.3) is 5.69 Å². The Morgan fingerprint density at radius 3 is 2.68 bits per heavy atom. The Morgan fingerprint density at radius 2 is 2.00 bits per heavy atom. The van der Waals surface area contributed by atoms with E-state index < -0.39 is 4.92 Å². The van der Waals surface area contributed by atoms with Gasteiger partial charge in [-0.15, -0.1) is 0 Å². The van der Waals surface area contributed by atoms with Crippen LogP contribution in [0.2, 0.25) is 5.02 Å². The summed E-state index contributed by atoms with van der Waals surface area (Å²) in [7, 11) is 0. The molecule has 0 fully saturated rings. The molecule has 2 N–H and O–H groups in total. The van der Waals surface area contributed by atoms with Crippen molar-refractivity contribution < 1.29 is 10.0 Å². The predicted molar refractivity (Wildman–Crippen MR) is 83.2 cm³/mol. The van der Waals surface area contributed by atoms with Gasteiger partial charge in [0.1, 0.15) is 5.75 Å². The van der Waals surface area contributed by atoms with Gasteiger partial charge in [-0.1, -0.05) is 23.7 Å². The number of non-ortho nitro benzene ring substituents is 1. The first-order chi connectivity index (χ1) is 10.5. The van der Waals surface area contributed by atoms with Gasteiger partial charge in [0.15, 0.2) is 0 Å². The second kappa shape index (κ2) is 5.65. The maximum Gasteiger partial charge on any atom is 0.270 e. The number of phenols is 1. The molecular formula is C15H12ClN3O3. The Kier molecular flexibility index (Phi) is 3.68. The number of nitrogens with one attached hydrogen (secondary N) is 1. The molecular weight excluding hydrogens is 306 g/mol. The van der Waals surface area contributed by atoms with Gasteiger partial charge in [0, 0.05) is 29.1 Å². The summed E-state index contributed by atoms with van der Waals surface area (Å²) in [5, 5.41) is 25.6. The highest BCUT2D eigenvalue weighted by Crippen LogP contribution is 2.30. The van der Waals surface area contributed by atoms with E-state index in [1.165, 1.54) is 18.2 Å². The summed E-state index contributed by atoms with van der Waals surface area (Å²) in [4.78, 5) is 10.4. The molecule has 112 valence electrons. The van der Waals surface area contributed by atoms with E-state index in [9.17, 15) is 15.2 Å². The van der Waals surface area contributed by atoms with Crippen molar-refractivity contribution in [3.05, 3.63) is 68.7 Å². The monoisotopic (exact) mass is 317 g/mol. The first-order valence-electron chi connectivity index (χ1n) is 6.60. The van der Waals surface area contributed by atoms with Crippen molar-refractivity contribution in [1.82, 2.24) is 5.43 Å². The average molecular weight is 318 g/mol. The standard InChI is InChI=1S/C15H12ClN3O3/c16-10-3-1-9(2-4-10)13-8-14(18-17-13)12-7-11(19(21)22)5-6-15(12)20/h1-7,13,17,20H,8H2/t13-/m1/s1. The quantitative estimate of drug-likeness (QED) is 0.671. The zero-order valence-electron chi connectivity index (χ0n) is 11.4. The molecule has 0 aliphatic carbocycles. The van der Waals surface area contributed by atoms with Gasteiger partial charge < -0.3 is 10.5 Å². The van der Waals surface area contributed by atoms with Crippen LogP contribution in [0.3, 0.4) is 0 Å². The van der Waals surface area contributed by atoms with Gasteiger partial charge in [-0.2, -0.15) is 5.10 Å². The first kappa shape index (κ1) is 14.3. The van der Waals surface area contributed by atoms with E-state index >= 15 is 0 Å². The van der Waals surface area contributed by atoms with E-state index in [-0.39, 0.29) is 17.5 Å². The highest BCUT2D eigenvalue weighted by molar-refractivity contribution is 6.30. The highest BCUT2D eigenvalue weighted by atomic mass is 35.5. The van der Waals surface area contributed by atoms with Crippen molar-refractivity contribution in [3.63, 3.8) is 0 Å². The normalized spacial score (nSPS) is 17.0. The number of benzene rings is 2. The summed E-state index contributed by atoms with van der Waals surface area (Å²) in [6.07, 6.45) is 0.524. The summed E-state index contributed by atoms with van der Waals surface area (Å²) < 4.78 is 0. The summed E-state index contributed by atoms with van der Waals surface area (Å²) in [6.45, 7) is 0. The molecule has 6 nitrogen and oxygen atoms in total. The molecule has 0 saturated carbocycles. The molecule has 0 radical (unpaired) electrons. The Hall–Kier alpha value is -2.60. The minimum Gasteiger partial charge on any atom is -0.507 e. The van der Waals surface area contributed by atoms with Crippen LogP contribution in [0.15, 0.2) is 47.6 Å². The molecule has 1 heterocycles. The molecule has 2 aromatic rings. The van der Waals surface area contributed by atoms with Crippen molar-refractivity contribution in [3.8, 4) is 5.75 Å². The fraction of sp³-hybridized carbons (Fsp3) is 0.133. The van der Waals surface area contributed by atoms with Gasteiger partial charge in [-0.3, -0.25) is 10.1 Å². The molecule has 22 heavy (non-hydrogen) atoms. The molecule has 1 atom stereocenters. The fourth-order valence-electron chi connectivity index (χ4n) is 2.37. The Balaban J connectivity index is 1.84. The summed E-state index contributed by atoms with van der Waals surface area (Å²) in [5.74, 6) is -0.0251. The minimum atomic E-state index is -0.497. The number of aromatic hydroxyl groups is 1. The Bertz CT molecular complexity index is 759. The van der Waals surface area contributed by atoms with Crippen LogP contribution in [-0.4, -0.2) is 15.7 Å². The van der Waals surface area contributed by atoms with Gasteiger partial charge >= 0.3 is 0 Å². The molecule has 0 spiro atoms. The predicted octanol–water partition coefficient (Wildman–Crippen LogP) is 3.39. The van der Waals surface area contributed by atoms with Gasteiger partial charge in [-0.25, -0.2) is 0 Å². The molecule has 0 saturated heterocycles. The van der Waals surface area contributed by atoms with Crippen LogP contribution < -0.4 is 5.43 Å². The van der Waals surface area contributed by atoms with Crippen LogP contribution in [-0.2, 0) is 0 Å². The highest BCUT2D eigenvalue weighted by Gasteiger charge is 2.24. The van der Waals surface area contributed by atoms with Crippen molar-refractivity contribution in [2.75, 3.05) is 0 Å². The van der Waals surface area contributed by atoms with Crippen molar-refractivity contribution >= 4 is 23.0 Å². The molecule has 0 bridgehead atoms. The lowest BCUT2D eigenvalue weighted by Crippen LogP contribution is -2.09. The third-order valence-electron chi connectivity index (χ3n) is 3.53. The third-order valence-corrected chi connectivity index (χ3v) is 3.78. The topological polar surface area (TPSA) is 87.8 Å². The molecule has 0 amide bonds.